The van der Waals surface area contributed by atoms with E-state index in [9.17, 15) is 0 Å². The molecule has 0 saturated carbocycles. The number of anilines is 1. The number of aliphatic imine (C=N–C) groups is 1. The second-order valence-corrected chi connectivity index (χ2v) is 3.55. The Labute approximate surface area is 88.3 Å². The average Bonchev–Trinajstić information content (AvgIpc) is 2.69. The highest BCUT2D eigenvalue weighted by Gasteiger charge is 2.12. The molecule has 0 bridgehead atoms. The van der Waals surface area contributed by atoms with Crippen LogP contribution in [0.25, 0.3) is 0 Å². The molecule has 0 atom stereocenters. The monoisotopic (exact) mass is 197 g/mol. The van der Waals surface area contributed by atoms with E-state index in [1.807, 2.05) is 49.8 Å². The second kappa shape index (κ2) is 2.98. The van der Waals surface area contributed by atoms with Crippen molar-refractivity contribution in [1.29, 1.82) is 0 Å². The lowest BCUT2D eigenvalue weighted by Gasteiger charge is -2.21. The molecule has 3 nitrogen and oxygen atoms in total. The van der Waals surface area contributed by atoms with Crippen molar-refractivity contribution in [2.24, 2.45) is 4.99 Å². The van der Waals surface area contributed by atoms with Crippen molar-refractivity contribution in [2.45, 2.75) is 0 Å². The van der Waals surface area contributed by atoms with Crippen LogP contribution >= 0.6 is 0 Å². The van der Waals surface area contributed by atoms with Crippen LogP contribution in [0.5, 0.6) is 0 Å². The lowest BCUT2D eigenvalue weighted by Crippen LogP contribution is -2.24. The maximum absolute atomic E-state index is 4.46. The lowest BCUT2D eigenvalue weighted by atomic mass is 10.2. The molecule has 0 amide bonds. The molecule has 0 aliphatic carbocycles. The molecule has 1 aliphatic heterocycles. The topological polar surface area (TPSA) is 20.5 Å². The molecule has 3 heteroatoms. The Bertz CT molecular complexity index is 525. The second-order valence-electron chi connectivity index (χ2n) is 3.55. The molecule has 0 N–H and O–H groups in total. The number of hydrogen-bond donors (Lipinski definition) is 0. The standard InChI is InChI=1S/C12H11N3/c1-14-12-7-3-2-6-11(12)13-9-10-5-4-8-15(10)14/h2-9H,1H3. The van der Waals surface area contributed by atoms with Crippen molar-refractivity contribution in [3.05, 3.63) is 48.3 Å². The first-order chi connectivity index (χ1) is 7.36. The van der Waals surface area contributed by atoms with Gasteiger partial charge in [-0.3, -0.25) is 14.7 Å². The van der Waals surface area contributed by atoms with Crippen LogP contribution in [0.4, 0.5) is 11.4 Å². The van der Waals surface area contributed by atoms with Crippen LogP contribution in [-0.2, 0) is 0 Å². The van der Waals surface area contributed by atoms with E-state index in [0.717, 1.165) is 17.1 Å². The third-order valence-corrected chi connectivity index (χ3v) is 2.65. The fourth-order valence-electron chi connectivity index (χ4n) is 1.86. The Morgan fingerprint density at radius 3 is 2.87 bits per heavy atom. The van der Waals surface area contributed by atoms with Gasteiger partial charge in [-0.2, -0.15) is 0 Å². The predicted octanol–water partition coefficient (Wildman–Crippen LogP) is 2.45. The minimum Gasteiger partial charge on any atom is -0.282 e. The number of hydrogen-bond acceptors (Lipinski definition) is 2. The molecule has 1 aromatic carbocycles. The SMILES string of the molecule is CN1c2ccccc2N=Cc2cccn21. The first kappa shape index (κ1) is 8.29. The summed E-state index contributed by atoms with van der Waals surface area (Å²) < 4.78 is 2.08. The third kappa shape index (κ3) is 1.16. The van der Waals surface area contributed by atoms with Crippen LogP contribution in [0.15, 0.2) is 47.6 Å². The quantitative estimate of drug-likeness (QED) is 0.635. The Hall–Kier alpha value is -2.03. The van der Waals surface area contributed by atoms with Crippen molar-refractivity contribution in [1.82, 2.24) is 4.68 Å². The van der Waals surface area contributed by atoms with Crippen LogP contribution in [0, 0.1) is 0 Å². The van der Waals surface area contributed by atoms with Crippen LogP contribution < -0.4 is 5.01 Å². The summed E-state index contributed by atoms with van der Waals surface area (Å²) >= 11 is 0. The Balaban J connectivity index is 2.26. The minimum atomic E-state index is 1.00. The van der Waals surface area contributed by atoms with Crippen LogP contribution in [0.3, 0.4) is 0 Å². The molecule has 1 aromatic heterocycles. The van der Waals surface area contributed by atoms with E-state index in [1.54, 1.807) is 0 Å². The van der Waals surface area contributed by atoms with Crippen molar-refractivity contribution in [3.63, 3.8) is 0 Å². The molecule has 2 heterocycles. The number of para-hydroxylation sites is 2. The fourth-order valence-corrected chi connectivity index (χ4v) is 1.86. The number of rotatable bonds is 0. The van der Waals surface area contributed by atoms with Crippen molar-refractivity contribution >= 4 is 17.6 Å². The molecule has 2 aromatic rings. The summed E-state index contributed by atoms with van der Waals surface area (Å²) in [6, 6.07) is 12.2. The highest BCUT2D eigenvalue weighted by Crippen LogP contribution is 2.29. The van der Waals surface area contributed by atoms with Gasteiger partial charge in [0.05, 0.1) is 23.3 Å². The van der Waals surface area contributed by atoms with Crippen LogP contribution in [-0.4, -0.2) is 17.9 Å². The van der Waals surface area contributed by atoms with E-state index in [0.29, 0.717) is 0 Å². The smallest absolute Gasteiger partial charge is 0.0882 e. The molecule has 0 radical (unpaired) electrons. The zero-order valence-electron chi connectivity index (χ0n) is 8.46. The van der Waals surface area contributed by atoms with Gasteiger partial charge in [0.15, 0.2) is 0 Å². The normalized spacial score (nSPS) is 13.3. The summed E-state index contributed by atoms with van der Waals surface area (Å²) in [5, 5.41) is 2.09. The van der Waals surface area contributed by atoms with E-state index in [1.165, 1.54) is 0 Å². The Morgan fingerprint density at radius 2 is 1.93 bits per heavy atom. The molecule has 74 valence electrons. The van der Waals surface area contributed by atoms with Gasteiger partial charge in [-0.25, -0.2) is 0 Å². The summed E-state index contributed by atoms with van der Waals surface area (Å²) in [5.41, 5.74) is 3.21. The molecule has 0 unspecified atom stereocenters. The number of fused-ring (bicyclic) bond motifs is 2. The predicted molar refractivity (Wildman–Crippen MR) is 61.9 cm³/mol. The number of nitrogens with zero attached hydrogens (tertiary/aromatic N) is 3. The van der Waals surface area contributed by atoms with E-state index < -0.39 is 0 Å². The van der Waals surface area contributed by atoms with Gasteiger partial charge >= 0.3 is 0 Å². The summed E-state index contributed by atoms with van der Waals surface area (Å²) in [6.45, 7) is 0. The van der Waals surface area contributed by atoms with Crippen molar-refractivity contribution < 1.29 is 0 Å². The summed E-state index contributed by atoms with van der Waals surface area (Å²) in [7, 11) is 2.04. The average molecular weight is 197 g/mol. The molecule has 0 spiro atoms. The van der Waals surface area contributed by atoms with E-state index in [4.69, 9.17) is 0 Å². The van der Waals surface area contributed by atoms with Gasteiger partial charge in [0, 0.05) is 13.2 Å². The van der Waals surface area contributed by atoms with Gasteiger partial charge < -0.3 is 0 Å². The van der Waals surface area contributed by atoms with Gasteiger partial charge in [0.1, 0.15) is 0 Å². The summed E-state index contributed by atoms with van der Waals surface area (Å²) in [4.78, 5) is 4.46. The zero-order chi connectivity index (χ0) is 10.3. The highest BCUT2D eigenvalue weighted by atomic mass is 15.5. The van der Waals surface area contributed by atoms with Crippen LogP contribution in [0.2, 0.25) is 0 Å². The molecule has 1 aliphatic rings. The Kier molecular flexibility index (Phi) is 1.65. The molecular formula is C12H11N3. The van der Waals surface area contributed by atoms with E-state index in [-0.39, 0.29) is 0 Å². The highest BCUT2D eigenvalue weighted by molar-refractivity contribution is 5.85. The summed E-state index contributed by atoms with van der Waals surface area (Å²) in [5.74, 6) is 0. The van der Waals surface area contributed by atoms with Crippen molar-refractivity contribution in [2.75, 3.05) is 12.1 Å². The minimum absolute atomic E-state index is 1.00. The van der Waals surface area contributed by atoms with Gasteiger partial charge in [-0.05, 0) is 24.3 Å². The maximum Gasteiger partial charge on any atom is 0.0882 e. The third-order valence-electron chi connectivity index (χ3n) is 2.65. The van der Waals surface area contributed by atoms with Gasteiger partial charge in [-0.1, -0.05) is 12.1 Å². The van der Waals surface area contributed by atoms with E-state index in [2.05, 4.69) is 20.7 Å². The maximum atomic E-state index is 4.46. The Morgan fingerprint density at radius 1 is 1.07 bits per heavy atom. The fraction of sp³-hybridized carbons (Fsp3) is 0.0833. The number of aromatic nitrogens is 1. The largest absolute Gasteiger partial charge is 0.282 e. The summed E-state index contributed by atoms with van der Waals surface area (Å²) in [6.07, 6.45) is 3.92. The lowest BCUT2D eigenvalue weighted by molar-refractivity contribution is 0.779. The van der Waals surface area contributed by atoms with Gasteiger partial charge in [0.25, 0.3) is 0 Å². The molecular weight excluding hydrogens is 186 g/mol. The first-order valence-electron chi connectivity index (χ1n) is 4.91. The van der Waals surface area contributed by atoms with E-state index >= 15 is 0 Å². The molecule has 3 rings (SSSR count). The zero-order valence-corrected chi connectivity index (χ0v) is 8.46. The van der Waals surface area contributed by atoms with Crippen molar-refractivity contribution in [3.8, 4) is 0 Å². The molecule has 0 saturated heterocycles. The number of benzene rings is 1. The van der Waals surface area contributed by atoms with Gasteiger partial charge in [-0.15, -0.1) is 0 Å². The van der Waals surface area contributed by atoms with Crippen LogP contribution in [0.1, 0.15) is 5.69 Å². The van der Waals surface area contributed by atoms with Gasteiger partial charge in [0.2, 0.25) is 0 Å². The molecule has 0 fully saturated rings. The molecule has 15 heavy (non-hydrogen) atoms. The first-order valence-corrected chi connectivity index (χ1v) is 4.91.